The molecule has 0 saturated heterocycles. The van der Waals surface area contributed by atoms with Gasteiger partial charge >= 0.3 is 0 Å². The summed E-state index contributed by atoms with van der Waals surface area (Å²) in [6, 6.07) is 12.1. The Kier molecular flexibility index (Phi) is 8.69. The summed E-state index contributed by atoms with van der Waals surface area (Å²) < 4.78 is 5.38. The number of aromatic amines is 1. The van der Waals surface area contributed by atoms with Crippen molar-refractivity contribution in [3.63, 3.8) is 0 Å². The van der Waals surface area contributed by atoms with Gasteiger partial charge in [-0.2, -0.15) is 0 Å². The second-order valence-corrected chi connectivity index (χ2v) is 7.01. The zero-order valence-electron chi connectivity index (χ0n) is 17.3. The third-order valence-electron chi connectivity index (χ3n) is 4.35. The summed E-state index contributed by atoms with van der Waals surface area (Å²) in [5, 5.41) is 7.40. The molecule has 0 radical (unpaired) electrons. The lowest BCUT2D eigenvalue weighted by molar-refractivity contribution is 0.375. The molecule has 29 heavy (non-hydrogen) atoms. The molecule has 0 saturated carbocycles. The van der Waals surface area contributed by atoms with Crippen molar-refractivity contribution in [2.45, 2.75) is 39.8 Å². The molecule has 2 aromatic heterocycles. The molecule has 0 fully saturated rings. The van der Waals surface area contributed by atoms with E-state index < -0.39 is 0 Å². The Morgan fingerprint density at radius 3 is 2.69 bits per heavy atom. The van der Waals surface area contributed by atoms with Crippen LogP contribution in [0, 0.1) is 0 Å². The molecule has 1 aromatic carbocycles. The lowest BCUT2D eigenvalue weighted by atomic mass is 10.1. The highest BCUT2D eigenvalue weighted by atomic mass is 127. The fourth-order valence-corrected chi connectivity index (χ4v) is 2.80. The van der Waals surface area contributed by atoms with E-state index in [4.69, 9.17) is 4.52 Å². The van der Waals surface area contributed by atoms with Crippen LogP contribution in [0.4, 0.5) is 0 Å². The summed E-state index contributed by atoms with van der Waals surface area (Å²) in [5.41, 5.74) is 3.08. The molecule has 0 amide bonds. The number of H-pyrrole nitrogens is 1. The highest BCUT2D eigenvalue weighted by Crippen LogP contribution is 2.17. The van der Waals surface area contributed by atoms with Crippen molar-refractivity contribution in [2.75, 3.05) is 13.6 Å². The highest BCUT2D eigenvalue weighted by molar-refractivity contribution is 14.0. The van der Waals surface area contributed by atoms with Gasteiger partial charge in [-0.15, -0.1) is 24.0 Å². The van der Waals surface area contributed by atoms with E-state index >= 15 is 0 Å². The monoisotopic (exact) mass is 508 g/mol. The Morgan fingerprint density at radius 1 is 1.28 bits per heavy atom. The van der Waals surface area contributed by atoms with Crippen LogP contribution in [0.25, 0.3) is 11.3 Å². The molecule has 3 aromatic rings. The van der Waals surface area contributed by atoms with E-state index in [2.05, 4.69) is 58.3 Å². The average Bonchev–Trinajstić information content (AvgIpc) is 3.35. The van der Waals surface area contributed by atoms with Gasteiger partial charge in [-0.3, -0.25) is 0 Å². The van der Waals surface area contributed by atoms with E-state index in [-0.39, 0.29) is 24.0 Å². The molecule has 2 N–H and O–H groups in total. The summed E-state index contributed by atoms with van der Waals surface area (Å²) in [7, 11) is 1.99. The van der Waals surface area contributed by atoms with Crippen LogP contribution < -0.4 is 5.32 Å². The minimum atomic E-state index is 0. The van der Waals surface area contributed by atoms with Crippen LogP contribution >= 0.6 is 24.0 Å². The van der Waals surface area contributed by atoms with Crippen molar-refractivity contribution in [2.24, 2.45) is 4.99 Å². The molecule has 3 rings (SSSR count). The van der Waals surface area contributed by atoms with Gasteiger partial charge in [0.05, 0.1) is 24.1 Å². The zero-order valence-corrected chi connectivity index (χ0v) is 19.7. The van der Waals surface area contributed by atoms with E-state index in [0.717, 1.165) is 41.0 Å². The number of imidazole rings is 1. The first-order chi connectivity index (χ1) is 13.6. The Bertz CT molecular complexity index is 903. The van der Waals surface area contributed by atoms with Crippen LogP contribution in [-0.4, -0.2) is 39.6 Å². The number of guanidine groups is 1. The predicted octanol–water partition coefficient (Wildman–Crippen LogP) is 4.40. The lowest BCUT2D eigenvalue weighted by Gasteiger charge is -2.20. The Labute approximate surface area is 189 Å². The van der Waals surface area contributed by atoms with Gasteiger partial charge in [0.1, 0.15) is 12.4 Å². The first-order valence-corrected chi connectivity index (χ1v) is 9.61. The lowest BCUT2D eigenvalue weighted by Crippen LogP contribution is -2.38. The Hall–Kier alpha value is -2.36. The molecule has 8 heteroatoms. The SMILES string of the molecule is CCNC(=NCc1cc(C(C)C)no1)N(C)Cc1ncc(-c2ccccc2)[nH]1.I. The van der Waals surface area contributed by atoms with Crippen LogP contribution in [0.3, 0.4) is 0 Å². The van der Waals surface area contributed by atoms with Crippen molar-refractivity contribution in [1.82, 2.24) is 25.3 Å². The number of aliphatic imine (C=N–C) groups is 1. The molecular formula is C21H29IN6O. The maximum atomic E-state index is 5.38. The van der Waals surface area contributed by atoms with E-state index in [1.807, 2.05) is 42.4 Å². The number of hydrogen-bond acceptors (Lipinski definition) is 4. The van der Waals surface area contributed by atoms with Gasteiger partial charge in [0, 0.05) is 19.7 Å². The first kappa shape index (κ1) is 22.9. The van der Waals surface area contributed by atoms with Gasteiger partial charge in [0.2, 0.25) is 0 Å². The largest absolute Gasteiger partial charge is 0.359 e. The maximum absolute atomic E-state index is 5.38. The van der Waals surface area contributed by atoms with Gasteiger partial charge < -0.3 is 19.7 Å². The molecular weight excluding hydrogens is 479 g/mol. The summed E-state index contributed by atoms with van der Waals surface area (Å²) in [4.78, 5) is 14.6. The van der Waals surface area contributed by atoms with Gasteiger partial charge in [0.15, 0.2) is 11.7 Å². The molecule has 0 aliphatic carbocycles. The van der Waals surface area contributed by atoms with Crippen LogP contribution in [-0.2, 0) is 13.1 Å². The first-order valence-electron chi connectivity index (χ1n) is 9.61. The van der Waals surface area contributed by atoms with E-state index in [1.165, 1.54) is 0 Å². The van der Waals surface area contributed by atoms with Crippen LogP contribution in [0.5, 0.6) is 0 Å². The number of aromatic nitrogens is 3. The maximum Gasteiger partial charge on any atom is 0.194 e. The number of nitrogens with one attached hydrogen (secondary N) is 2. The van der Waals surface area contributed by atoms with Crippen molar-refractivity contribution < 1.29 is 4.52 Å². The molecule has 2 heterocycles. The fraction of sp³-hybridized carbons (Fsp3) is 0.381. The molecule has 156 valence electrons. The quantitative estimate of drug-likeness (QED) is 0.281. The molecule has 0 aliphatic heterocycles. The Morgan fingerprint density at radius 2 is 2.03 bits per heavy atom. The van der Waals surface area contributed by atoms with Gasteiger partial charge in [-0.05, 0) is 18.4 Å². The van der Waals surface area contributed by atoms with Crippen molar-refractivity contribution in [3.05, 3.63) is 59.9 Å². The molecule has 0 spiro atoms. The molecule has 0 bridgehead atoms. The van der Waals surface area contributed by atoms with Crippen LogP contribution in [0.1, 0.15) is 44.0 Å². The van der Waals surface area contributed by atoms with E-state index in [1.54, 1.807) is 0 Å². The summed E-state index contributed by atoms with van der Waals surface area (Å²) in [6.07, 6.45) is 1.87. The predicted molar refractivity (Wildman–Crippen MR) is 126 cm³/mol. The van der Waals surface area contributed by atoms with E-state index in [9.17, 15) is 0 Å². The zero-order chi connectivity index (χ0) is 19.9. The summed E-state index contributed by atoms with van der Waals surface area (Å²) in [5.74, 6) is 2.78. The standard InChI is InChI=1S/C21H28N6O.HI/c1-5-22-21(24-12-17-11-18(15(2)3)26-28-17)27(4)14-20-23-13-19(25-20)16-9-7-6-8-10-16;/h6-11,13,15H,5,12,14H2,1-4H3,(H,22,24)(H,23,25);1H. The Balaban J connectivity index is 0.00000300. The molecule has 0 aliphatic rings. The molecule has 0 unspecified atom stereocenters. The molecule has 0 atom stereocenters. The fourth-order valence-electron chi connectivity index (χ4n) is 2.80. The number of nitrogens with zero attached hydrogens (tertiary/aromatic N) is 4. The van der Waals surface area contributed by atoms with Gasteiger partial charge in [-0.25, -0.2) is 9.98 Å². The smallest absolute Gasteiger partial charge is 0.194 e. The second-order valence-electron chi connectivity index (χ2n) is 7.01. The third-order valence-corrected chi connectivity index (χ3v) is 4.35. The number of benzene rings is 1. The van der Waals surface area contributed by atoms with E-state index in [0.29, 0.717) is 19.0 Å². The number of hydrogen-bond donors (Lipinski definition) is 2. The van der Waals surface area contributed by atoms with Gasteiger partial charge in [-0.1, -0.05) is 49.3 Å². The minimum Gasteiger partial charge on any atom is -0.359 e. The van der Waals surface area contributed by atoms with Crippen LogP contribution in [0.15, 0.2) is 52.1 Å². The topological polar surface area (TPSA) is 82.3 Å². The van der Waals surface area contributed by atoms with Crippen molar-refractivity contribution in [3.8, 4) is 11.3 Å². The minimum absolute atomic E-state index is 0. The third kappa shape index (κ3) is 6.31. The molecule has 7 nitrogen and oxygen atoms in total. The van der Waals surface area contributed by atoms with Crippen molar-refractivity contribution >= 4 is 29.9 Å². The second kappa shape index (κ2) is 11.0. The summed E-state index contributed by atoms with van der Waals surface area (Å²) in [6.45, 7) is 8.08. The van der Waals surface area contributed by atoms with Gasteiger partial charge in [0.25, 0.3) is 0 Å². The number of rotatable bonds is 7. The van der Waals surface area contributed by atoms with Crippen LogP contribution in [0.2, 0.25) is 0 Å². The summed E-state index contributed by atoms with van der Waals surface area (Å²) >= 11 is 0. The average molecular weight is 508 g/mol. The number of halogens is 1. The normalized spacial score (nSPS) is 11.4. The highest BCUT2D eigenvalue weighted by Gasteiger charge is 2.11. The van der Waals surface area contributed by atoms with Crippen molar-refractivity contribution in [1.29, 1.82) is 0 Å².